The van der Waals surface area contributed by atoms with Gasteiger partial charge in [0.05, 0.1) is 5.39 Å². The summed E-state index contributed by atoms with van der Waals surface area (Å²) in [6, 6.07) is 18.6. The van der Waals surface area contributed by atoms with Crippen LogP contribution in [0.4, 0.5) is 0 Å². The second-order valence-corrected chi connectivity index (χ2v) is 7.36. The van der Waals surface area contributed by atoms with Crippen molar-refractivity contribution in [1.29, 1.82) is 0 Å². The van der Waals surface area contributed by atoms with Crippen LogP contribution in [0.15, 0.2) is 59.4 Å². The molecule has 4 nitrogen and oxygen atoms in total. The fraction of sp³-hybridized carbons (Fsp3) is 0.348. The molecule has 0 radical (unpaired) electrons. The van der Waals surface area contributed by atoms with Gasteiger partial charge in [-0.05, 0) is 55.8 Å². The molecule has 1 fully saturated rings. The Labute approximate surface area is 159 Å². The molecule has 1 N–H and O–H groups in total. The van der Waals surface area contributed by atoms with E-state index in [9.17, 15) is 4.79 Å². The standard InChI is InChI=1S/C23H26N2O2/c1-16-7-6-8-18-15-21(17(2)24-19-11-13-27-14-12-19)25(23(26)22(16)18)20-9-4-3-5-10-20/h3-10,15,17,19,24H,11-14H2,1-2H3/t17-/m0/s1. The molecule has 4 heteroatoms. The lowest BCUT2D eigenvalue weighted by Gasteiger charge is -2.28. The van der Waals surface area contributed by atoms with E-state index in [1.807, 2.05) is 60.0 Å². The maximum absolute atomic E-state index is 13.5. The molecule has 0 unspecified atom stereocenters. The summed E-state index contributed by atoms with van der Waals surface area (Å²) in [5.74, 6) is 0. The smallest absolute Gasteiger partial charge is 0.263 e. The van der Waals surface area contributed by atoms with Gasteiger partial charge in [-0.3, -0.25) is 9.36 Å². The number of pyridine rings is 1. The van der Waals surface area contributed by atoms with Crippen molar-refractivity contribution in [3.8, 4) is 5.69 Å². The Hall–Kier alpha value is -2.43. The van der Waals surface area contributed by atoms with E-state index in [4.69, 9.17) is 4.74 Å². The van der Waals surface area contributed by atoms with Gasteiger partial charge in [-0.15, -0.1) is 0 Å². The van der Waals surface area contributed by atoms with Crippen LogP contribution in [0.1, 0.15) is 37.1 Å². The molecule has 1 aromatic heterocycles. The van der Waals surface area contributed by atoms with Gasteiger partial charge in [0.2, 0.25) is 0 Å². The molecule has 1 atom stereocenters. The minimum atomic E-state index is 0.0485. The number of aryl methyl sites for hydroxylation is 1. The topological polar surface area (TPSA) is 43.3 Å². The third-order valence-electron chi connectivity index (χ3n) is 5.45. The van der Waals surface area contributed by atoms with Gasteiger partial charge in [0.25, 0.3) is 5.56 Å². The first-order chi connectivity index (χ1) is 13.1. The lowest BCUT2D eigenvalue weighted by Crippen LogP contribution is -2.38. The molecule has 0 bridgehead atoms. The number of fused-ring (bicyclic) bond motifs is 1. The van der Waals surface area contributed by atoms with E-state index in [1.165, 1.54) is 0 Å². The Balaban J connectivity index is 1.86. The van der Waals surface area contributed by atoms with Gasteiger partial charge in [-0.1, -0.05) is 36.4 Å². The maximum Gasteiger partial charge on any atom is 0.263 e. The average Bonchev–Trinajstić information content (AvgIpc) is 2.69. The van der Waals surface area contributed by atoms with Crippen LogP contribution in [0, 0.1) is 6.92 Å². The van der Waals surface area contributed by atoms with Gasteiger partial charge in [-0.2, -0.15) is 0 Å². The average molecular weight is 362 g/mol. The van der Waals surface area contributed by atoms with Crippen molar-refractivity contribution in [3.05, 3.63) is 76.2 Å². The van der Waals surface area contributed by atoms with Crippen LogP contribution in [-0.4, -0.2) is 23.8 Å². The zero-order valence-corrected chi connectivity index (χ0v) is 15.9. The molecule has 140 valence electrons. The molecule has 3 aromatic rings. The van der Waals surface area contributed by atoms with E-state index in [1.54, 1.807) is 0 Å². The molecule has 2 aromatic carbocycles. The third-order valence-corrected chi connectivity index (χ3v) is 5.45. The Morgan fingerprint density at radius 2 is 1.81 bits per heavy atom. The number of para-hydroxylation sites is 1. The number of hydrogen-bond donors (Lipinski definition) is 1. The predicted molar refractivity (Wildman–Crippen MR) is 110 cm³/mol. The molecule has 0 amide bonds. The Bertz CT molecular complexity index is 988. The van der Waals surface area contributed by atoms with Crippen molar-refractivity contribution in [2.24, 2.45) is 0 Å². The van der Waals surface area contributed by atoms with E-state index < -0.39 is 0 Å². The summed E-state index contributed by atoms with van der Waals surface area (Å²) in [7, 11) is 0. The summed E-state index contributed by atoms with van der Waals surface area (Å²) in [5, 5.41) is 5.51. The van der Waals surface area contributed by atoms with Crippen molar-refractivity contribution in [3.63, 3.8) is 0 Å². The van der Waals surface area contributed by atoms with Crippen molar-refractivity contribution in [2.75, 3.05) is 13.2 Å². The summed E-state index contributed by atoms with van der Waals surface area (Å²) in [6.45, 7) is 5.74. The van der Waals surface area contributed by atoms with Crippen LogP contribution in [0.2, 0.25) is 0 Å². The molecule has 1 aliphatic rings. The van der Waals surface area contributed by atoms with Crippen molar-refractivity contribution < 1.29 is 4.74 Å². The van der Waals surface area contributed by atoms with Crippen molar-refractivity contribution in [1.82, 2.24) is 9.88 Å². The first-order valence-corrected chi connectivity index (χ1v) is 9.69. The number of rotatable bonds is 4. The van der Waals surface area contributed by atoms with Crippen LogP contribution in [0.25, 0.3) is 16.5 Å². The highest BCUT2D eigenvalue weighted by Gasteiger charge is 2.21. The van der Waals surface area contributed by atoms with Gasteiger partial charge < -0.3 is 10.1 Å². The van der Waals surface area contributed by atoms with Crippen molar-refractivity contribution in [2.45, 2.75) is 38.8 Å². The fourth-order valence-electron chi connectivity index (χ4n) is 4.02. The molecule has 27 heavy (non-hydrogen) atoms. The SMILES string of the molecule is Cc1cccc2cc([C@H](C)NC3CCOCC3)n(-c3ccccc3)c(=O)c12. The fourth-order valence-corrected chi connectivity index (χ4v) is 4.02. The van der Waals surface area contributed by atoms with Gasteiger partial charge in [0, 0.05) is 36.7 Å². The lowest BCUT2D eigenvalue weighted by atomic mass is 10.0. The summed E-state index contributed by atoms with van der Waals surface area (Å²) in [6.07, 6.45) is 2.01. The maximum atomic E-state index is 13.5. The molecule has 2 heterocycles. The highest BCUT2D eigenvalue weighted by atomic mass is 16.5. The van der Waals surface area contributed by atoms with E-state index in [-0.39, 0.29) is 11.6 Å². The van der Waals surface area contributed by atoms with Gasteiger partial charge >= 0.3 is 0 Å². The zero-order chi connectivity index (χ0) is 18.8. The molecular weight excluding hydrogens is 336 g/mol. The Morgan fingerprint density at radius 3 is 2.56 bits per heavy atom. The molecule has 4 rings (SSSR count). The van der Waals surface area contributed by atoms with Crippen molar-refractivity contribution >= 4 is 10.8 Å². The first-order valence-electron chi connectivity index (χ1n) is 9.69. The Kier molecular flexibility index (Phi) is 5.10. The summed E-state index contributed by atoms with van der Waals surface area (Å²) in [5.41, 5.74) is 2.96. The van der Waals surface area contributed by atoms with Crippen LogP contribution < -0.4 is 10.9 Å². The molecule has 1 saturated heterocycles. The summed E-state index contributed by atoms with van der Waals surface area (Å²) in [4.78, 5) is 13.5. The second-order valence-electron chi connectivity index (χ2n) is 7.36. The van der Waals surface area contributed by atoms with Crippen LogP contribution in [-0.2, 0) is 4.74 Å². The largest absolute Gasteiger partial charge is 0.381 e. The van der Waals surface area contributed by atoms with Gasteiger partial charge in [-0.25, -0.2) is 0 Å². The number of ether oxygens (including phenoxy) is 1. The third kappa shape index (κ3) is 3.55. The van der Waals surface area contributed by atoms with E-state index >= 15 is 0 Å². The Morgan fingerprint density at radius 1 is 1.07 bits per heavy atom. The molecule has 0 saturated carbocycles. The monoisotopic (exact) mass is 362 g/mol. The minimum Gasteiger partial charge on any atom is -0.381 e. The summed E-state index contributed by atoms with van der Waals surface area (Å²) >= 11 is 0. The highest BCUT2D eigenvalue weighted by Crippen LogP contribution is 2.24. The molecule has 1 aliphatic heterocycles. The molecular formula is C23H26N2O2. The van der Waals surface area contributed by atoms with Crippen LogP contribution in [0.3, 0.4) is 0 Å². The van der Waals surface area contributed by atoms with E-state index in [0.717, 1.165) is 53.8 Å². The number of nitrogens with one attached hydrogen (secondary N) is 1. The number of hydrogen-bond acceptors (Lipinski definition) is 3. The summed E-state index contributed by atoms with van der Waals surface area (Å²) < 4.78 is 7.34. The van der Waals surface area contributed by atoms with Gasteiger partial charge in [0.1, 0.15) is 0 Å². The van der Waals surface area contributed by atoms with Gasteiger partial charge in [0.15, 0.2) is 0 Å². The number of benzene rings is 2. The highest BCUT2D eigenvalue weighted by molar-refractivity contribution is 5.85. The lowest BCUT2D eigenvalue weighted by molar-refractivity contribution is 0.0752. The van der Waals surface area contributed by atoms with E-state index in [2.05, 4.69) is 18.3 Å². The molecule has 0 aliphatic carbocycles. The van der Waals surface area contributed by atoms with Crippen LogP contribution >= 0.6 is 0 Å². The molecule has 0 spiro atoms. The first kappa shape index (κ1) is 18.0. The zero-order valence-electron chi connectivity index (χ0n) is 15.9. The minimum absolute atomic E-state index is 0.0485. The second kappa shape index (κ2) is 7.67. The quantitative estimate of drug-likeness (QED) is 0.759. The number of aromatic nitrogens is 1. The predicted octanol–water partition coefficient (Wildman–Crippen LogP) is 4.13. The number of nitrogens with zero attached hydrogens (tertiary/aromatic N) is 1. The van der Waals surface area contributed by atoms with Crippen LogP contribution in [0.5, 0.6) is 0 Å². The normalized spacial score (nSPS) is 16.5. The van der Waals surface area contributed by atoms with E-state index in [0.29, 0.717) is 6.04 Å².